The van der Waals surface area contributed by atoms with Crippen LogP contribution in [0.4, 0.5) is 15.9 Å². The van der Waals surface area contributed by atoms with E-state index in [1.165, 1.54) is 31.3 Å². The van der Waals surface area contributed by atoms with Gasteiger partial charge < -0.3 is 9.80 Å². The van der Waals surface area contributed by atoms with Crippen molar-refractivity contribution in [3.8, 4) is 0 Å². The Morgan fingerprint density at radius 3 is 2.52 bits per heavy atom. The summed E-state index contributed by atoms with van der Waals surface area (Å²) in [5, 5.41) is 1.38. The van der Waals surface area contributed by atoms with Gasteiger partial charge in [-0.1, -0.05) is 11.6 Å². The quantitative estimate of drug-likeness (QED) is 0.557. The molecular formula is C24H24ClFN4O. The molecule has 0 atom stereocenters. The summed E-state index contributed by atoms with van der Waals surface area (Å²) in [6.07, 6.45) is 5.38. The molecule has 0 bridgehead atoms. The zero-order valence-electron chi connectivity index (χ0n) is 17.2. The van der Waals surface area contributed by atoms with Crippen LogP contribution in [0.3, 0.4) is 0 Å². The smallest absolute Gasteiger partial charge is 0.230 e. The minimum Gasteiger partial charge on any atom is -0.356 e. The SMILES string of the molecule is O=C(C1CCN(c2ncnc3ccc(F)cc23)CC1)N(CC1CC1)c1ccc(Cl)cc1. The lowest BCUT2D eigenvalue weighted by Crippen LogP contribution is -2.43. The van der Waals surface area contributed by atoms with E-state index >= 15 is 0 Å². The summed E-state index contributed by atoms with van der Waals surface area (Å²) < 4.78 is 13.8. The van der Waals surface area contributed by atoms with Gasteiger partial charge in [-0.05, 0) is 74.1 Å². The molecule has 7 heteroatoms. The topological polar surface area (TPSA) is 49.3 Å². The van der Waals surface area contributed by atoms with Crippen molar-refractivity contribution in [1.82, 2.24) is 9.97 Å². The van der Waals surface area contributed by atoms with Gasteiger partial charge in [0.25, 0.3) is 0 Å². The summed E-state index contributed by atoms with van der Waals surface area (Å²) in [7, 11) is 0. The van der Waals surface area contributed by atoms with E-state index in [0.29, 0.717) is 29.4 Å². The predicted molar refractivity (Wildman–Crippen MR) is 121 cm³/mol. The van der Waals surface area contributed by atoms with Crippen LogP contribution in [-0.4, -0.2) is 35.5 Å². The van der Waals surface area contributed by atoms with Crippen molar-refractivity contribution in [3.63, 3.8) is 0 Å². The number of rotatable bonds is 5. The number of piperidine rings is 1. The number of anilines is 2. The number of amides is 1. The predicted octanol–water partition coefficient (Wildman–Crippen LogP) is 5.08. The second-order valence-electron chi connectivity index (χ2n) is 8.49. The minimum absolute atomic E-state index is 0.0319. The molecule has 1 aliphatic carbocycles. The van der Waals surface area contributed by atoms with Gasteiger partial charge in [0.15, 0.2) is 0 Å². The maximum absolute atomic E-state index is 13.8. The standard InChI is InChI=1S/C24H24ClFN4O/c25-18-3-6-20(7-4-18)30(14-16-1-2-16)24(31)17-9-11-29(12-10-17)23-21-13-19(26)5-8-22(21)27-15-28-23/h3-8,13,15-17H,1-2,9-12,14H2. The highest BCUT2D eigenvalue weighted by atomic mass is 35.5. The molecule has 1 saturated carbocycles. The fourth-order valence-corrected chi connectivity index (χ4v) is 4.45. The monoisotopic (exact) mass is 438 g/mol. The van der Waals surface area contributed by atoms with Gasteiger partial charge in [-0.2, -0.15) is 0 Å². The van der Waals surface area contributed by atoms with Crippen molar-refractivity contribution in [1.29, 1.82) is 0 Å². The van der Waals surface area contributed by atoms with E-state index in [-0.39, 0.29) is 17.6 Å². The van der Waals surface area contributed by atoms with Crippen LogP contribution >= 0.6 is 11.6 Å². The first-order chi connectivity index (χ1) is 15.1. The normalized spacial score (nSPS) is 17.2. The van der Waals surface area contributed by atoms with Gasteiger partial charge in [-0.15, -0.1) is 0 Å². The Labute approximate surface area is 185 Å². The fourth-order valence-electron chi connectivity index (χ4n) is 4.33. The van der Waals surface area contributed by atoms with E-state index in [2.05, 4.69) is 14.9 Å². The fraction of sp³-hybridized carbons (Fsp3) is 0.375. The first kappa shape index (κ1) is 20.2. The van der Waals surface area contributed by atoms with E-state index in [1.54, 1.807) is 6.07 Å². The molecule has 2 heterocycles. The van der Waals surface area contributed by atoms with Gasteiger partial charge in [0, 0.05) is 41.6 Å². The summed E-state index contributed by atoms with van der Waals surface area (Å²) in [6.45, 7) is 2.18. The average molecular weight is 439 g/mol. The average Bonchev–Trinajstić information content (AvgIpc) is 3.62. The molecule has 0 N–H and O–H groups in total. The molecule has 5 nitrogen and oxygen atoms in total. The first-order valence-corrected chi connectivity index (χ1v) is 11.2. The van der Waals surface area contributed by atoms with Crippen LogP contribution in [0.5, 0.6) is 0 Å². The summed E-state index contributed by atoms with van der Waals surface area (Å²) in [6, 6.07) is 12.1. The maximum atomic E-state index is 13.8. The third-order valence-corrected chi connectivity index (χ3v) is 6.51. The third-order valence-electron chi connectivity index (χ3n) is 6.26. The lowest BCUT2D eigenvalue weighted by Gasteiger charge is -2.35. The summed E-state index contributed by atoms with van der Waals surface area (Å²) in [5.41, 5.74) is 1.64. The highest BCUT2D eigenvalue weighted by Gasteiger charge is 2.33. The molecule has 2 fully saturated rings. The Morgan fingerprint density at radius 1 is 1.06 bits per heavy atom. The Bertz CT molecular complexity index is 1090. The number of hydrogen-bond acceptors (Lipinski definition) is 4. The molecule has 0 radical (unpaired) electrons. The number of aromatic nitrogens is 2. The van der Waals surface area contributed by atoms with Gasteiger partial charge in [-0.25, -0.2) is 14.4 Å². The van der Waals surface area contributed by atoms with Crippen molar-refractivity contribution >= 4 is 39.9 Å². The number of hydrogen-bond donors (Lipinski definition) is 0. The van der Waals surface area contributed by atoms with Crippen LogP contribution in [0.2, 0.25) is 5.02 Å². The highest BCUT2D eigenvalue weighted by molar-refractivity contribution is 6.30. The number of fused-ring (bicyclic) bond motifs is 1. The molecular weight excluding hydrogens is 415 g/mol. The van der Waals surface area contributed by atoms with E-state index in [9.17, 15) is 9.18 Å². The number of nitrogens with zero attached hydrogens (tertiary/aromatic N) is 4. The van der Waals surface area contributed by atoms with Crippen LogP contribution < -0.4 is 9.80 Å². The molecule has 1 aromatic heterocycles. The summed E-state index contributed by atoms with van der Waals surface area (Å²) >= 11 is 6.05. The van der Waals surface area contributed by atoms with Gasteiger partial charge in [-0.3, -0.25) is 4.79 Å². The number of halogens is 2. The molecule has 0 unspecified atom stereocenters. The lowest BCUT2D eigenvalue weighted by molar-refractivity contribution is -0.123. The van der Waals surface area contributed by atoms with Crippen molar-refractivity contribution in [2.75, 3.05) is 29.4 Å². The van der Waals surface area contributed by atoms with Gasteiger partial charge in [0.1, 0.15) is 18.0 Å². The Morgan fingerprint density at radius 2 is 1.81 bits per heavy atom. The Balaban J connectivity index is 1.32. The van der Waals surface area contributed by atoms with Crippen molar-refractivity contribution in [2.24, 2.45) is 11.8 Å². The molecule has 2 aromatic carbocycles. The molecule has 1 amide bonds. The second-order valence-corrected chi connectivity index (χ2v) is 8.93. The zero-order chi connectivity index (χ0) is 21.4. The van der Waals surface area contributed by atoms with Crippen LogP contribution in [0.1, 0.15) is 25.7 Å². The van der Waals surface area contributed by atoms with Crippen LogP contribution in [0.25, 0.3) is 10.9 Å². The van der Waals surface area contributed by atoms with E-state index < -0.39 is 0 Å². The molecule has 1 aliphatic heterocycles. The van der Waals surface area contributed by atoms with Crippen LogP contribution in [0, 0.1) is 17.7 Å². The van der Waals surface area contributed by atoms with Gasteiger partial charge in [0.05, 0.1) is 5.52 Å². The molecule has 0 spiro atoms. The third kappa shape index (κ3) is 4.35. The zero-order valence-corrected chi connectivity index (χ0v) is 17.9. The Kier molecular flexibility index (Phi) is 5.48. The number of benzene rings is 2. The van der Waals surface area contributed by atoms with Gasteiger partial charge >= 0.3 is 0 Å². The molecule has 31 heavy (non-hydrogen) atoms. The minimum atomic E-state index is -0.299. The van der Waals surface area contributed by atoms with Crippen LogP contribution in [0.15, 0.2) is 48.8 Å². The molecule has 1 saturated heterocycles. The van der Waals surface area contributed by atoms with Gasteiger partial charge in [0.2, 0.25) is 5.91 Å². The first-order valence-electron chi connectivity index (χ1n) is 10.8. The molecule has 160 valence electrons. The maximum Gasteiger partial charge on any atom is 0.230 e. The van der Waals surface area contributed by atoms with Crippen molar-refractivity contribution in [2.45, 2.75) is 25.7 Å². The highest BCUT2D eigenvalue weighted by Crippen LogP contribution is 2.34. The molecule has 3 aromatic rings. The second kappa shape index (κ2) is 8.42. The van der Waals surface area contributed by atoms with Crippen molar-refractivity contribution in [3.05, 3.63) is 59.6 Å². The lowest BCUT2D eigenvalue weighted by atomic mass is 9.94. The Hall–Kier alpha value is -2.73. The number of carbonyl (C=O) groups excluding carboxylic acids is 1. The molecule has 2 aliphatic rings. The largest absolute Gasteiger partial charge is 0.356 e. The van der Waals surface area contributed by atoms with E-state index in [4.69, 9.17) is 11.6 Å². The van der Waals surface area contributed by atoms with E-state index in [1.807, 2.05) is 29.2 Å². The van der Waals surface area contributed by atoms with Crippen LogP contribution in [-0.2, 0) is 4.79 Å². The number of carbonyl (C=O) groups is 1. The summed E-state index contributed by atoms with van der Waals surface area (Å²) in [4.78, 5) is 26.2. The van der Waals surface area contributed by atoms with E-state index in [0.717, 1.165) is 36.4 Å². The summed E-state index contributed by atoms with van der Waals surface area (Å²) in [5.74, 6) is 1.19. The van der Waals surface area contributed by atoms with Crippen molar-refractivity contribution < 1.29 is 9.18 Å². The molecule has 5 rings (SSSR count).